The number of aromatic nitrogens is 3. The predicted octanol–water partition coefficient (Wildman–Crippen LogP) is 3.61. The Morgan fingerprint density at radius 1 is 1.24 bits per heavy atom. The Kier molecular flexibility index (Phi) is 4.17. The molecule has 21 heavy (non-hydrogen) atoms. The first-order chi connectivity index (χ1) is 10.2. The molecule has 106 valence electrons. The molecule has 0 saturated heterocycles. The number of rotatable bonds is 5. The van der Waals surface area contributed by atoms with Crippen LogP contribution in [0.3, 0.4) is 0 Å². The zero-order valence-electron chi connectivity index (χ0n) is 11.4. The zero-order chi connectivity index (χ0) is 14.7. The summed E-state index contributed by atoms with van der Waals surface area (Å²) >= 11 is 2.94. The first kappa shape index (κ1) is 14.0. The molecule has 2 aromatic heterocycles. The maximum absolute atomic E-state index is 12.1. The van der Waals surface area contributed by atoms with Crippen LogP contribution in [0.15, 0.2) is 53.9 Å². The molecule has 0 N–H and O–H groups in total. The van der Waals surface area contributed by atoms with E-state index in [9.17, 15) is 4.79 Å². The third-order valence-electron chi connectivity index (χ3n) is 2.90. The fourth-order valence-electron chi connectivity index (χ4n) is 1.87. The summed E-state index contributed by atoms with van der Waals surface area (Å²) in [5.74, 6) is 0.492. The van der Waals surface area contributed by atoms with Crippen LogP contribution in [0.4, 0.5) is 0 Å². The Morgan fingerprint density at radius 3 is 2.76 bits per heavy atom. The summed E-state index contributed by atoms with van der Waals surface area (Å²) in [6.45, 7) is 2.00. The minimum absolute atomic E-state index is 0.126. The third-order valence-corrected chi connectivity index (χ3v) is 4.88. The summed E-state index contributed by atoms with van der Waals surface area (Å²) in [7, 11) is 0. The molecule has 4 nitrogen and oxygen atoms in total. The van der Waals surface area contributed by atoms with Crippen molar-refractivity contribution in [2.24, 2.45) is 0 Å². The number of aryl methyl sites for hydroxylation is 1. The van der Waals surface area contributed by atoms with E-state index >= 15 is 0 Å². The van der Waals surface area contributed by atoms with Gasteiger partial charge < -0.3 is 0 Å². The molecule has 0 bridgehead atoms. The zero-order valence-corrected chi connectivity index (χ0v) is 13.0. The van der Waals surface area contributed by atoms with Gasteiger partial charge in [0.15, 0.2) is 10.9 Å². The number of carbonyl (C=O) groups excluding carboxylic acids is 1. The van der Waals surface area contributed by atoms with Gasteiger partial charge in [-0.2, -0.15) is 0 Å². The predicted molar refractivity (Wildman–Crippen MR) is 85.5 cm³/mol. The molecule has 0 amide bonds. The molecule has 0 spiro atoms. The summed E-state index contributed by atoms with van der Waals surface area (Å²) in [4.78, 5) is 14.1. The van der Waals surface area contributed by atoms with Crippen LogP contribution in [0.2, 0.25) is 0 Å². The standard InChI is InChI=1S/C15H13N3OS2/c1-11-7-8-14(21-11)13(19)9-20-15-17-16-10-18(15)12-5-3-2-4-6-12/h2-8,10H,9H2,1H3. The lowest BCUT2D eigenvalue weighted by molar-refractivity contribution is 0.102. The molecule has 0 aliphatic heterocycles. The van der Waals surface area contributed by atoms with Gasteiger partial charge in [0.05, 0.1) is 10.6 Å². The van der Waals surface area contributed by atoms with Crippen LogP contribution < -0.4 is 0 Å². The monoisotopic (exact) mass is 315 g/mol. The highest BCUT2D eigenvalue weighted by atomic mass is 32.2. The molecule has 0 fully saturated rings. The van der Waals surface area contributed by atoms with Gasteiger partial charge in [-0.15, -0.1) is 21.5 Å². The van der Waals surface area contributed by atoms with Crippen molar-refractivity contribution < 1.29 is 4.79 Å². The summed E-state index contributed by atoms with van der Waals surface area (Å²) in [6, 6.07) is 13.7. The van der Waals surface area contributed by atoms with Gasteiger partial charge in [-0.05, 0) is 31.2 Å². The number of Topliss-reactive ketones (excluding diaryl/α,β-unsaturated/α-hetero) is 1. The minimum atomic E-state index is 0.126. The van der Waals surface area contributed by atoms with E-state index < -0.39 is 0 Å². The van der Waals surface area contributed by atoms with Crippen molar-refractivity contribution in [3.63, 3.8) is 0 Å². The van der Waals surface area contributed by atoms with E-state index in [-0.39, 0.29) is 5.78 Å². The van der Waals surface area contributed by atoms with Crippen LogP contribution in [0.1, 0.15) is 14.5 Å². The summed E-state index contributed by atoms with van der Waals surface area (Å²) in [6.07, 6.45) is 1.66. The van der Waals surface area contributed by atoms with E-state index in [1.54, 1.807) is 6.33 Å². The lowest BCUT2D eigenvalue weighted by atomic mass is 10.3. The van der Waals surface area contributed by atoms with E-state index in [0.29, 0.717) is 5.75 Å². The van der Waals surface area contributed by atoms with Crippen LogP contribution in [-0.4, -0.2) is 26.3 Å². The Hall–Kier alpha value is -1.92. The molecule has 3 rings (SSSR count). The SMILES string of the molecule is Cc1ccc(C(=O)CSc2nncn2-c2ccccc2)s1. The van der Waals surface area contributed by atoms with Crippen LogP contribution in [0.5, 0.6) is 0 Å². The maximum atomic E-state index is 12.1. The molecule has 0 radical (unpaired) electrons. The normalized spacial score (nSPS) is 10.7. The Balaban J connectivity index is 1.72. The van der Waals surface area contributed by atoms with E-state index in [1.807, 2.05) is 54.0 Å². The molecule has 0 saturated carbocycles. The Labute approximate surface area is 130 Å². The molecule has 0 aliphatic rings. The van der Waals surface area contributed by atoms with E-state index in [4.69, 9.17) is 0 Å². The largest absolute Gasteiger partial charge is 0.292 e. The van der Waals surface area contributed by atoms with Gasteiger partial charge in [-0.25, -0.2) is 0 Å². The van der Waals surface area contributed by atoms with E-state index in [1.165, 1.54) is 23.1 Å². The smallest absolute Gasteiger partial charge is 0.196 e. The second kappa shape index (κ2) is 6.24. The number of carbonyl (C=O) groups is 1. The highest BCUT2D eigenvalue weighted by Crippen LogP contribution is 2.22. The average molecular weight is 315 g/mol. The number of para-hydroxylation sites is 1. The second-order valence-electron chi connectivity index (χ2n) is 4.44. The van der Waals surface area contributed by atoms with Gasteiger partial charge in [-0.3, -0.25) is 9.36 Å². The van der Waals surface area contributed by atoms with Crippen LogP contribution in [0, 0.1) is 6.92 Å². The molecular formula is C15H13N3OS2. The number of ketones is 1. The van der Waals surface area contributed by atoms with Crippen LogP contribution in [-0.2, 0) is 0 Å². The maximum Gasteiger partial charge on any atom is 0.196 e. The Bertz CT molecular complexity index is 749. The average Bonchev–Trinajstić information content (AvgIpc) is 3.14. The molecule has 2 heterocycles. The van der Waals surface area contributed by atoms with Gasteiger partial charge >= 0.3 is 0 Å². The first-order valence-electron chi connectivity index (χ1n) is 6.42. The van der Waals surface area contributed by atoms with E-state index in [2.05, 4.69) is 10.2 Å². The van der Waals surface area contributed by atoms with Crippen molar-refractivity contribution >= 4 is 28.9 Å². The molecule has 6 heteroatoms. The van der Waals surface area contributed by atoms with Crippen molar-refractivity contribution in [2.75, 3.05) is 5.75 Å². The van der Waals surface area contributed by atoms with Crippen molar-refractivity contribution in [1.82, 2.24) is 14.8 Å². The molecule has 0 aliphatic carbocycles. The lowest BCUT2D eigenvalue weighted by Gasteiger charge is -2.05. The number of hydrogen-bond donors (Lipinski definition) is 0. The summed E-state index contributed by atoms with van der Waals surface area (Å²) < 4.78 is 1.89. The van der Waals surface area contributed by atoms with E-state index in [0.717, 1.165) is 20.6 Å². The van der Waals surface area contributed by atoms with Crippen LogP contribution >= 0.6 is 23.1 Å². The molecular weight excluding hydrogens is 302 g/mol. The van der Waals surface area contributed by atoms with Gasteiger partial charge in [0.1, 0.15) is 6.33 Å². The fraction of sp³-hybridized carbons (Fsp3) is 0.133. The van der Waals surface area contributed by atoms with Gasteiger partial charge in [-0.1, -0.05) is 30.0 Å². The van der Waals surface area contributed by atoms with Crippen molar-refractivity contribution in [1.29, 1.82) is 0 Å². The quantitative estimate of drug-likeness (QED) is 0.533. The van der Waals surface area contributed by atoms with Crippen molar-refractivity contribution in [3.05, 3.63) is 58.5 Å². The number of hydrogen-bond acceptors (Lipinski definition) is 5. The van der Waals surface area contributed by atoms with Crippen LogP contribution in [0.25, 0.3) is 5.69 Å². The first-order valence-corrected chi connectivity index (χ1v) is 8.22. The Morgan fingerprint density at radius 2 is 2.05 bits per heavy atom. The van der Waals surface area contributed by atoms with Gasteiger partial charge in [0, 0.05) is 10.6 Å². The van der Waals surface area contributed by atoms with Crippen molar-refractivity contribution in [2.45, 2.75) is 12.1 Å². The number of benzene rings is 1. The highest BCUT2D eigenvalue weighted by molar-refractivity contribution is 7.99. The highest BCUT2D eigenvalue weighted by Gasteiger charge is 2.12. The third kappa shape index (κ3) is 3.22. The molecule has 3 aromatic rings. The number of nitrogens with zero attached hydrogens (tertiary/aromatic N) is 3. The van der Waals surface area contributed by atoms with Gasteiger partial charge in [0.2, 0.25) is 0 Å². The summed E-state index contributed by atoms with van der Waals surface area (Å²) in [5.41, 5.74) is 0.990. The molecule has 0 unspecified atom stereocenters. The fourth-order valence-corrected chi connectivity index (χ4v) is 3.58. The number of thiophene rings is 1. The number of thioether (sulfide) groups is 1. The minimum Gasteiger partial charge on any atom is -0.292 e. The van der Waals surface area contributed by atoms with Gasteiger partial charge in [0.25, 0.3) is 0 Å². The summed E-state index contributed by atoms with van der Waals surface area (Å²) in [5, 5.41) is 8.75. The lowest BCUT2D eigenvalue weighted by Crippen LogP contribution is -2.02. The second-order valence-corrected chi connectivity index (χ2v) is 6.67. The molecule has 0 atom stereocenters. The van der Waals surface area contributed by atoms with Crippen molar-refractivity contribution in [3.8, 4) is 5.69 Å². The molecule has 1 aromatic carbocycles. The topological polar surface area (TPSA) is 47.8 Å².